The van der Waals surface area contributed by atoms with Gasteiger partial charge in [0.25, 0.3) is 7.98 Å². The lowest BCUT2D eigenvalue weighted by Gasteiger charge is -1.99. The van der Waals surface area contributed by atoms with E-state index < -0.39 is 11.9 Å². The van der Waals surface area contributed by atoms with Crippen molar-refractivity contribution in [2.75, 3.05) is 0 Å². The first kappa shape index (κ1) is 8.16. The van der Waals surface area contributed by atoms with E-state index in [2.05, 4.69) is 5.10 Å². The van der Waals surface area contributed by atoms with Crippen LogP contribution < -0.4 is 0 Å². The van der Waals surface area contributed by atoms with Crippen molar-refractivity contribution in [1.29, 1.82) is 0 Å². The Kier molecular flexibility index (Phi) is 1.70. The summed E-state index contributed by atoms with van der Waals surface area (Å²) in [6, 6.07) is 0.889. The highest BCUT2D eigenvalue weighted by Gasteiger charge is 2.33. The van der Waals surface area contributed by atoms with Crippen LogP contribution in [0.15, 0.2) is 6.07 Å². The summed E-state index contributed by atoms with van der Waals surface area (Å²) in [4.78, 5) is 0. The summed E-state index contributed by atoms with van der Waals surface area (Å²) in [5.41, 5.74) is -0.685. The van der Waals surface area contributed by atoms with Crippen LogP contribution in [0.2, 0.25) is 0 Å². The molecule has 0 aliphatic heterocycles. The molecule has 2 nitrogen and oxygen atoms in total. The highest BCUT2D eigenvalue weighted by atomic mass is 19.4. The van der Waals surface area contributed by atoms with Crippen LogP contribution in [-0.4, -0.2) is 17.7 Å². The van der Waals surface area contributed by atoms with Crippen LogP contribution in [0.3, 0.4) is 0 Å². The predicted octanol–water partition coefficient (Wildman–Crippen LogP) is 1.14. The fourth-order valence-electron chi connectivity index (χ4n) is 0.626. The second-order valence-electron chi connectivity index (χ2n) is 2.11. The predicted molar refractivity (Wildman–Crippen MR) is 33.1 cm³/mol. The molecule has 0 spiro atoms. The zero-order chi connectivity index (χ0) is 8.65. The molecule has 2 radical (unpaired) electrons. The van der Waals surface area contributed by atoms with E-state index in [1.807, 2.05) is 0 Å². The van der Waals surface area contributed by atoms with Gasteiger partial charge in [0.1, 0.15) is 0 Å². The summed E-state index contributed by atoms with van der Waals surface area (Å²) in [6.07, 6.45) is -4.41. The molecule has 0 saturated carbocycles. The molecule has 0 unspecified atom stereocenters. The topological polar surface area (TPSA) is 17.8 Å². The molecule has 0 aromatic carbocycles. The molecule has 11 heavy (non-hydrogen) atoms. The maximum absolute atomic E-state index is 11.8. The van der Waals surface area contributed by atoms with Gasteiger partial charge in [-0.25, -0.2) is 0 Å². The number of alkyl halides is 3. The van der Waals surface area contributed by atoms with Gasteiger partial charge in [-0.2, -0.15) is 18.3 Å². The molecule has 0 N–H and O–H groups in total. The molecule has 0 aliphatic rings. The van der Waals surface area contributed by atoms with E-state index in [-0.39, 0.29) is 5.69 Å². The molecule has 0 fully saturated rings. The normalized spacial score (nSPS) is 12.0. The molecule has 6 heteroatoms. The molecular formula is C5H4BF3N2. The molecule has 0 amide bonds. The van der Waals surface area contributed by atoms with Gasteiger partial charge in [-0.15, -0.1) is 0 Å². The van der Waals surface area contributed by atoms with E-state index in [4.69, 9.17) is 7.98 Å². The van der Waals surface area contributed by atoms with Gasteiger partial charge in [0.15, 0.2) is 5.69 Å². The van der Waals surface area contributed by atoms with Crippen molar-refractivity contribution in [3.63, 3.8) is 0 Å². The lowest BCUT2D eigenvalue weighted by Crippen LogP contribution is -2.07. The van der Waals surface area contributed by atoms with Gasteiger partial charge in [-0.1, -0.05) is 0 Å². The van der Waals surface area contributed by atoms with Gasteiger partial charge < -0.3 is 4.59 Å². The summed E-state index contributed by atoms with van der Waals surface area (Å²) in [5.74, 6) is 0. The van der Waals surface area contributed by atoms with Crippen molar-refractivity contribution in [3.8, 4) is 0 Å². The second kappa shape index (κ2) is 2.28. The molecule has 1 rings (SSSR count). The van der Waals surface area contributed by atoms with Gasteiger partial charge in [0.05, 0.1) is 0 Å². The average Bonchev–Trinajstić information content (AvgIpc) is 2.11. The van der Waals surface area contributed by atoms with Gasteiger partial charge >= 0.3 is 6.18 Å². The molecule has 0 aliphatic carbocycles. The van der Waals surface area contributed by atoms with Crippen molar-refractivity contribution in [2.24, 2.45) is 0 Å². The first-order chi connectivity index (χ1) is 4.91. The maximum Gasteiger partial charge on any atom is 0.435 e. The third-order valence-electron chi connectivity index (χ3n) is 1.21. The van der Waals surface area contributed by atoms with Crippen molar-refractivity contribution < 1.29 is 13.2 Å². The number of aromatic nitrogens is 2. The molecule has 0 atom stereocenters. The van der Waals surface area contributed by atoms with Crippen LogP contribution in [0.4, 0.5) is 13.2 Å². The lowest BCUT2D eigenvalue weighted by atomic mass is 10.3. The quantitative estimate of drug-likeness (QED) is 0.520. The van der Waals surface area contributed by atoms with Crippen LogP contribution in [0.5, 0.6) is 0 Å². The zero-order valence-electron chi connectivity index (χ0n) is 5.68. The van der Waals surface area contributed by atoms with E-state index in [1.165, 1.54) is 6.92 Å². The summed E-state index contributed by atoms with van der Waals surface area (Å²) in [7, 11) is 5.04. The number of hydrogen-bond donors (Lipinski definition) is 0. The number of rotatable bonds is 0. The molecule has 1 aromatic rings. The summed E-state index contributed by atoms with van der Waals surface area (Å²) in [6.45, 7) is 1.45. The molecule has 0 saturated heterocycles. The summed E-state index contributed by atoms with van der Waals surface area (Å²) < 4.78 is 36.2. The minimum absolute atomic E-state index is 0.275. The Balaban J connectivity index is 3.08. The zero-order valence-corrected chi connectivity index (χ0v) is 5.68. The first-order valence-corrected chi connectivity index (χ1v) is 2.80. The molecule has 1 aromatic heterocycles. The maximum atomic E-state index is 11.8. The number of nitrogens with zero attached hydrogens (tertiary/aromatic N) is 2. The Morgan fingerprint density at radius 3 is 2.27 bits per heavy atom. The number of hydrogen-bond acceptors (Lipinski definition) is 1. The average molecular weight is 160 g/mol. The third kappa shape index (κ3) is 1.55. The highest BCUT2D eigenvalue weighted by Crippen LogP contribution is 2.27. The van der Waals surface area contributed by atoms with E-state index in [1.54, 1.807) is 0 Å². The SMILES string of the molecule is [B]n1nc(C(F)(F)F)cc1C. The van der Waals surface area contributed by atoms with E-state index in [0.717, 1.165) is 6.07 Å². The van der Waals surface area contributed by atoms with Crippen LogP contribution in [0.1, 0.15) is 11.4 Å². The van der Waals surface area contributed by atoms with E-state index in [9.17, 15) is 13.2 Å². The summed E-state index contributed by atoms with van der Waals surface area (Å²) >= 11 is 0. The second-order valence-corrected chi connectivity index (χ2v) is 2.11. The third-order valence-corrected chi connectivity index (χ3v) is 1.21. The van der Waals surface area contributed by atoms with E-state index >= 15 is 0 Å². The molecule has 58 valence electrons. The minimum atomic E-state index is -4.41. The Labute approximate surface area is 62.4 Å². The Morgan fingerprint density at radius 1 is 1.55 bits per heavy atom. The number of aryl methyl sites for hydroxylation is 1. The van der Waals surface area contributed by atoms with Crippen molar-refractivity contribution >= 4 is 7.98 Å². The summed E-state index contributed by atoms with van der Waals surface area (Å²) in [5, 5.41) is 3.05. The van der Waals surface area contributed by atoms with Gasteiger partial charge in [0.2, 0.25) is 0 Å². The molecule has 1 heterocycles. The Bertz CT molecular complexity index is 246. The Hall–Kier alpha value is -0.935. The highest BCUT2D eigenvalue weighted by molar-refractivity contribution is 6.06. The standard InChI is InChI=1S/C5H4BF3N2/c1-3-2-4(5(7,8)9)10-11(3)6/h2H,1H3. The largest absolute Gasteiger partial charge is 0.435 e. The van der Waals surface area contributed by atoms with Gasteiger partial charge in [-0.05, 0) is 13.0 Å². The monoisotopic (exact) mass is 160 g/mol. The molecular weight excluding hydrogens is 156 g/mol. The smallest absolute Gasteiger partial charge is 0.328 e. The Morgan fingerprint density at radius 2 is 2.09 bits per heavy atom. The first-order valence-electron chi connectivity index (χ1n) is 2.80. The van der Waals surface area contributed by atoms with Gasteiger partial charge in [0, 0.05) is 5.69 Å². The van der Waals surface area contributed by atoms with Crippen LogP contribution in [0, 0.1) is 6.92 Å². The lowest BCUT2D eigenvalue weighted by molar-refractivity contribution is -0.141. The van der Waals surface area contributed by atoms with Crippen LogP contribution in [0.25, 0.3) is 0 Å². The minimum Gasteiger partial charge on any atom is -0.328 e. The van der Waals surface area contributed by atoms with Crippen molar-refractivity contribution in [2.45, 2.75) is 13.1 Å². The fourth-order valence-corrected chi connectivity index (χ4v) is 0.626. The fraction of sp³-hybridized carbons (Fsp3) is 0.400. The number of halogens is 3. The molecule has 0 bridgehead atoms. The van der Waals surface area contributed by atoms with Crippen molar-refractivity contribution in [3.05, 3.63) is 17.5 Å². The van der Waals surface area contributed by atoms with Crippen LogP contribution >= 0.6 is 0 Å². The van der Waals surface area contributed by atoms with Gasteiger partial charge in [-0.3, -0.25) is 0 Å². The van der Waals surface area contributed by atoms with Crippen molar-refractivity contribution in [1.82, 2.24) is 9.69 Å². The van der Waals surface area contributed by atoms with Crippen LogP contribution in [-0.2, 0) is 6.18 Å². The van der Waals surface area contributed by atoms with E-state index in [0.29, 0.717) is 4.59 Å².